The van der Waals surface area contributed by atoms with Gasteiger partial charge in [-0.15, -0.1) is 0 Å². The standard InChI is InChI=1S/C14H26N2O3S2/c1-2-3-12-21(18,19)16-6-4-13(5-7-16)14(17)15-8-10-20-11-9-15/h13H,2-12H2,1H3. The molecule has 0 aromatic rings. The zero-order valence-corrected chi connectivity index (χ0v) is 14.4. The summed E-state index contributed by atoms with van der Waals surface area (Å²) in [5, 5.41) is 0. The number of carbonyl (C=O) groups is 1. The molecule has 0 spiro atoms. The Hall–Kier alpha value is -0.270. The molecular weight excluding hydrogens is 308 g/mol. The molecule has 0 atom stereocenters. The summed E-state index contributed by atoms with van der Waals surface area (Å²) in [7, 11) is -3.11. The maximum absolute atomic E-state index is 12.4. The molecule has 7 heteroatoms. The Morgan fingerprint density at radius 1 is 1.14 bits per heavy atom. The van der Waals surface area contributed by atoms with E-state index in [9.17, 15) is 13.2 Å². The van der Waals surface area contributed by atoms with Crippen LogP contribution in [-0.2, 0) is 14.8 Å². The largest absolute Gasteiger partial charge is 0.341 e. The van der Waals surface area contributed by atoms with E-state index in [2.05, 4.69) is 0 Å². The molecule has 0 N–H and O–H groups in total. The average Bonchev–Trinajstić information content (AvgIpc) is 2.53. The third-order valence-corrected chi connectivity index (χ3v) is 7.17. The molecule has 0 aromatic heterocycles. The van der Waals surface area contributed by atoms with Crippen molar-refractivity contribution < 1.29 is 13.2 Å². The molecular formula is C14H26N2O3S2. The lowest BCUT2D eigenvalue weighted by Gasteiger charge is -2.35. The van der Waals surface area contributed by atoms with Crippen LogP contribution in [0.2, 0.25) is 0 Å². The molecule has 2 saturated heterocycles. The molecule has 2 aliphatic rings. The van der Waals surface area contributed by atoms with E-state index in [1.165, 1.54) is 0 Å². The first kappa shape index (κ1) is 17.1. The predicted molar refractivity (Wildman–Crippen MR) is 86.9 cm³/mol. The van der Waals surface area contributed by atoms with E-state index in [-0.39, 0.29) is 17.6 Å². The molecule has 0 aliphatic carbocycles. The summed E-state index contributed by atoms with van der Waals surface area (Å²) in [5.41, 5.74) is 0. The lowest BCUT2D eigenvalue weighted by molar-refractivity contribution is -0.136. The lowest BCUT2D eigenvalue weighted by Crippen LogP contribution is -2.46. The third-order valence-electron chi connectivity index (χ3n) is 4.28. The fourth-order valence-electron chi connectivity index (χ4n) is 2.88. The smallest absolute Gasteiger partial charge is 0.225 e. The van der Waals surface area contributed by atoms with Gasteiger partial charge >= 0.3 is 0 Å². The van der Waals surface area contributed by atoms with Crippen LogP contribution in [0.15, 0.2) is 0 Å². The first-order valence-electron chi connectivity index (χ1n) is 7.89. The minimum atomic E-state index is -3.11. The number of hydrogen-bond donors (Lipinski definition) is 0. The van der Waals surface area contributed by atoms with Gasteiger partial charge in [-0.1, -0.05) is 13.3 Å². The van der Waals surface area contributed by atoms with Crippen LogP contribution in [0.4, 0.5) is 0 Å². The predicted octanol–water partition coefficient (Wildman–Crippen LogP) is 1.40. The summed E-state index contributed by atoms with van der Waals surface area (Å²) in [6.45, 7) is 4.70. The molecule has 122 valence electrons. The van der Waals surface area contributed by atoms with Crippen molar-refractivity contribution in [2.24, 2.45) is 5.92 Å². The minimum absolute atomic E-state index is 0.0192. The van der Waals surface area contributed by atoms with E-state index in [0.717, 1.165) is 31.0 Å². The molecule has 21 heavy (non-hydrogen) atoms. The van der Waals surface area contributed by atoms with Crippen molar-refractivity contribution in [3.8, 4) is 0 Å². The number of nitrogens with zero attached hydrogens (tertiary/aromatic N) is 2. The van der Waals surface area contributed by atoms with Gasteiger partial charge in [-0.05, 0) is 19.3 Å². The van der Waals surface area contributed by atoms with Crippen molar-refractivity contribution >= 4 is 27.7 Å². The first-order chi connectivity index (χ1) is 10.0. The van der Waals surface area contributed by atoms with Crippen LogP contribution in [0.25, 0.3) is 0 Å². The van der Waals surface area contributed by atoms with E-state index in [4.69, 9.17) is 0 Å². The lowest BCUT2D eigenvalue weighted by atomic mass is 9.96. The monoisotopic (exact) mass is 334 g/mol. The molecule has 5 nitrogen and oxygen atoms in total. The highest BCUT2D eigenvalue weighted by Gasteiger charge is 2.32. The van der Waals surface area contributed by atoms with Gasteiger partial charge in [-0.3, -0.25) is 4.79 Å². The number of hydrogen-bond acceptors (Lipinski definition) is 4. The number of piperidine rings is 1. The van der Waals surface area contributed by atoms with Gasteiger partial charge in [0.05, 0.1) is 5.75 Å². The number of amides is 1. The summed E-state index contributed by atoms with van der Waals surface area (Å²) in [5.74, 6) is 2.55. The average molecular weight is 335 g/mol. The van der Waals surface area contributed by atoms with Gasteiger partial charge in [-0.25, -0.2) is 12.7 Å². The first-order valence-corrected chi connectivity index (χ1v) is 10.7. The fraction of sp³-hybridized carbons (Fsp3) is 0.929. The second-order valence-corrected chi connectivity index (χ2v) is 9.09. The van der Waals surface area contributed by atoms with Crippen LogP contribution in [0, 0.1) is 5.92 Å². The van der Waals surface area contributed by atoms with Crippen molar-refractivity contribution in [3.05, 3.63) is 0 Å². The highest BCUT2D eigenvalue weighted by molar-refractivity contribution is 7.99. The number of unbranched alkanes of at least 4 members (excludes halogenated alkanes) is 1. The summed E-state index contributed by atoms with van der Waals surface area (Å²) in [6.07, 6.45) is 2.95. The van der Waals surface area contributed by atoms with Gasteiger partial charge in [0, 0.05) is 43.6 Å². The zero-order valence-electron chi connectivity index (χ0n) is 12.8. The Morgan fingerprint density at radius 3 is 2.33 bits per heavy atom. The second-order valence-electron chi connectivity index (χ2n) is 5.78. The number of rotatable bonds is 5. The van der Waals surface area contributed by atoms with Crippen LogP contribution in [0.3, 0.4) is 0 Å². The Morgan fingerprint density at radius 2 is 1.76 bits per heavy atom. The molecule has 0 aromatic carbocycles. The Labute approximate surface area is 132 Å². The molecule has 1 amide bonds. The SMILES string of the molecule is CCCCS(=O)(=O)N1CCC(C(=O)N2CCSCC2)CC1. The van der Waals surface area contributed by atoms with Crippen LogP contribution in [-0.4, -0.2) is 67.0 Å². The topological polar surface area (TPSA) is 57.7 Å². The molecule has 0 radical (unpaired) electrons. The third kappa shape index (κ3) is 4.60. The number of thioether (sulfide) groups is 1. The maximum atomic E-state index is 12.4. The molecule has 0 unspecified atom stereocenters. The minimum Gasteiger partial charge on any atom is -0.341 e. The van der Waals surface area contributed by atoms with Crippen molar-refractivity contribution in [2.75, 3.05) is 43.4 Å². The van der Waals surface area contributed by atoms with Gasteiger partial charge in [0.2, 0.25) is 15.9 Å². The van der Waals surface area contributed by atoms with Crippen molar-refractivity contribution in [1.82, 2.24) is 9.21 Å². The molecule has 2 rings (SSSR count). The van der Waals surface area contributed by atoms with Gasteiger partial charge in [0.15, 0.2) is 0 Å². The molecule has 2 aliphatic heterocycles. The van der Waals surface area contributed by atoms with Gasteiger partial charge in [0.25, 0.3) is 0 Å². The van der Waals surface area contributed by atoms with Crippen LogP contribution in [0.5, 0.6) is 0 Å². The van der Waals surface area contributed by atoms with E-state index >= 15 is 0 Å². The van der Waals surface area contributed by atoms with E-state index in [0.29, 0.717) is 32.4 Å². The van der Waals surface area contributed by atoms with Crippen molar-refractivity contribution in [1.29, 1.82) is 0 Å². The highest BCUT2D eigenvalue weighted by atomic mass is 32.2. The molecule has 0 bridgehead atoms. The summed E-state index contributed by atoms with van der Waals surface area (Å²) >= 11 is 1.89. The van der Waals surface area contributed by atoms with Gasteiger partial charge < -0.3 is 4.90 Å². The van der Waals surface area contributed by atoms with Crippen LogP contribution in [0.1, 0.15) is 32.6 Å². The van der Waals surface area contributed by atoms with E-state index in [1.807, 2.05) is 23.6 Å². The molecule has 2 heterocycles. The van der Waals surface area contributed by atoms with Crippen molar-refractivity contribution in [2.45, 2.75) is 32.6 Å². The molecule has 2 fully saturated rings. The van der Waals surface area contributed by atoms with Crippen molar-refractivity contribution in [3.63, 3.8) is 0 Å². The van der Waals surface area contributed by atoms with Gasteiger partial charge in [0.1, 0.15) is 0 Å². The molecule has 0 saturated carbocycles. The van der Waals surface area contributed by atoms with E-state index < -0.39 is 10.0 Å². The Balaban J connectivity index is 1.83. The normalized spacial score (nSPS) is 22.4. The van der Waals surface area contributed by atoms with Crippen LogP contribution >= 0.6 is 11.8 Å². The van der Waals surface area contributed by atoms with E-state index in [1.54, 1.807) is 4.31 Å². The number of carbonyl (C=O) groups excluding carboxylic acids is 1. The quantitative estimate of drug-likeness (QED) is 0.763. The summed E-state index contributed by atoms with van der Waals surface area (Å²) < 4.78 is 25.9. The Kier molecular flexibility index (Phi) is 6.37. The number of sulfonamides is 1. The van der Waals surface area contributed by atoms with Crippen LogP contribution < -0.4 is 0 Å². The second kappa shape index (κ2) is 7.83. The summed E-state index contributed by atoms with van der Waals surface area (Å²) in [4.78, 5) is 14.4. The fourth-order valence-corrected chi connectivity index (χ4v) is 5.46. The summed E-state index contributed by atoms with van der Waals surface area (Å²) in [6, 6.07) is 0. The van der Waals surface area contributed by atoms with Gasteiger partial charge in [-0.2, -0.15) is 11.8 Å². The maximum Gasteiger partial charge on any atom is 0.225 e. The highest BCUT2D eigenvalue weighted by Crippen LogP contribution is 2.23. The zero-order chi connectivity index (χ0) is 15.3. The Bertz CT molecular complexity index is 439.